The standard InChI is InChI=1S/C15H14N4O2.2ClH/c16-4-6-19-11-2-1-10(17)12-13(11)15(21)9-7-18-5-3-8(9)14(12)20;;/h1-3,5,7,19H,4,6,16-17H2;2*1H. The zero-order valence-corrected chi connectivity index (χ0v) is 13.7. The second-order valence-corrected chi connectivity index (χ2v) is 4.75. The summed E-state index contributed by atoms with van der Waals surface area (Å²) in [7, 11) is 0. The van der Waals surface area contributed by atoms with Crippen molar-refractivity contribution in [2.24, 2.45) is 5.73 Å². The molecular formula is C15H16Cl2N4O2. The largest absolute Gasteiger partial charge is 0.398 e. The molecule has 0 spiro atoms. The minimum Gasteiger partial charge on any atom is -0.398 e. The van der Waals surface area contributed by atoms with E-state index in [1.165, 1.54) is 18.5 Å². The summed E-state index contributed by atoms with van der Waals surface area (Å²) in [5.41, 5.74) is 13.4. The lowest BCUT2D eigenvalue weighted by atomic mass is 9.83. The first kappa shape index (κ1) is 18.9. The Labute approximate surface area is 145 Å². The van der Waals surface area contributed by atoms with Crippen molar-refractivity contribution in [3.63, 3.8) is 0 Å². The van der Waals surface area contributed by atoms with Crippen LogP contribution >= 0.6 is 24.8 Å². The van der Waals surface area contributed by atoms with E-state index in [9.17, 15) is 9.59 Å². The Balaban J connectivity index is 0.00000132. The quantitative estimate of drug-likeness (QED) is 0.616. The normalized spacial score (nSPS) is 11.7. The van der Waals surface area contributed by atoms with E-state index in [-0.39, 0.29) is 41.9 Å². The van der Waals surface area contributed by atoms with E-state index in [2.05, 4.69) is 10.3 Å². The maximum absolute atomic E-state index is 12.7. The molecule has 5 N–H and O–H groups in total. The lowest BCUT2D eigenvalue weighted by molar-refractivity contribution is 0.0980. The third-order valence-corrected chi connectivity index (χ3v) is 3.46. The van der Waals surface area contributed by atoms with Gasteiger partial charge in [0, 0.05) is 42.4 Å². The summed E-state index contributed by atoms with van der Waals surface area (Å²) >= 11 is 0. The predicted molar refractivity (Wildman–Crippen MR) is 94.0 cm³/mol. The highest BCUT2D eigenvalue weighted by Crippen LogP contribution is 2.34. The summed E-state index contributed by atoms with van der Waals surface area (Å²) in [6, 6.07) is 4.85. The number of rotatable bonds is 3. The van der Waals surface area contributed by atoms with Crippen LogP contribution in [0.1, 0.15) is 31.8 Å². The van der Waals surface area contributed by atoms with Crippen molar-refractivity contribution < 1.29 is 9.59 Å². The average Bonchev–Trinajstić information content (AvgIpc) is 2.51. The number of nitrogens with one attached hydrogen (secondary N) is 1. The zero-order valence-electron chi connectivity index (χ0n) is 12.0. The fourth-order valence-corrected chi connectivity index (χ4v) is 2.50. The predicted octanol–water partition coefficient (Wildman–Crippen LogP) is 1.65. The van der Waals surface area contributed by atoms with Gasteiger partial charge in [-0.2, -0.15) is 0 Å². The van der Waals surface area contributed by atoms with Gasteiger partial charge in [0.1, 0.15) is 0 Å². The monoisotopic (exact) mass is 354 g/mol. The van der Waals surface area contributed by atoms with Crippen molar-refractivity contribution in [3.05, 3.63) is 52.8 Å². The van der Waals surface area contributed by atoms with Crippen molar-refractivity contribution in [2.45, 2.75) is 0 Å². The zero-order chi connectivity index (χ0) is 15.0. The number of carbonyl (C=O) groups excluding carboxylic acids is 2. The molecule has 0 bridgehead atoms. The molecule has 0 radical (unpaired) electrons. The van der Waals surface area contributed by atoms with Gasteiger partial charge >= 0.3 is 0 Å². The molecule has 0 amide bonds. The van der Waals surface area contributed by atoms with Crippen LogP contribution in [0.4, 0.5) is 11.4 Å². The SMILES string of the molecule is Cl.Cl.NCCNc1ccc(N)c2c1C(=O)c1cnccc1C2=O. The lowest BCUT2D eigenvalue weighted by Crippen LogP contribution is -2.25. The molecule has 0 unspecified atom stereocenters. The number of aromatic nitrogens is 1. The third kappa shape index (κ3) is 3.01. The molecule has 122 valence electrons. The number of nitrogens with zero attached hydrogens (tertiary/aromatic N) is 1. The molecule has 23 heavy (non-hydrogen) atoms. The van der Waals surface area contributed by atoms with E-state index in [1.54, 1.807) is 12.1 Å². The summed E-state index contributed by atoms with van der Waals surface area (Å²) in [4.78, 5) is 29.2. The topological polar surface area (TPSA) is 111 Å². The minimum atomic E-state index is -0.254. The van der Waals surface area contributed by atoms with E-state index < -0.39 is 0 Å². The van der Waals surface area contributed by atoms with E-state index >= 15 is 0 Å². The van der Waals surface area contributed by atoms with Crippen molar-refractivity contribution in [1.29, 1.82) is 0 Å². The number of nitrogen functional groups attached to an aromatic ring is 1. The maximum atomic E-state index is 12.7. The molecule has 0 saturated carbocycles. The fourth-order valence-electron chi connectivity index (χ4n) is 2.50. The molecule has 2 aromatic rings. The number of hydrogen-bond acceptors (Lipinski definition) is 6. The van der Waals surface area contributed by atoms with Crippen LogP contribution in [0.3, 0.4) is 0 Å². The van der Waals surface area contributed by atoms with Gasteiger partial charge < -0.3 is 16.8 Å². The Morgan fingerprint density at radius 3 is 2.39 bits per heavy atom. The van der Waals surface area contributed by atoms with E-state index in [4.69, 9.17) is 11.5 Å². The van der Waals surface area contributed by atoms with Crippen LogP contribution in [-0.2, 0) is 0 Å². The Morgan fingerprint density at radius 1 is 1.00 bits per heavy atom. The van der Waals surface area contributed by atoms with Crippen LogP contribution in [0.5, 0.6) is 0 Å². The van der Waals surface area contributed by atoms with Crippen LogP contribution < -0.4 is 16.8 Å². The van der Waals surface area contributed by atoms with Gasteiger partial charge in [-0.25, -0.2) is 0 Å². The molecule has 1 aliphatic carbocycles. The number of halogens is 2. The lowest BCUT2D eigenvalue weighted by Gasteiger charge is -2.21. The van der Waals surface area contributed by atoms with Crippen molar-refractivity contribution in [1.82, 2.24) is 4.98 Å². The molecule has 0 atom stereocenters. The second-order valence-electron chi connectivity index (χ2n) is 4.75. The smallest absolute Gasteiger partial charge is 0.198 e. The van der Waals surface area contributed by atoms with Crippen LogP contribution in [0, 0.1) is 0 Å². The first-order valence-electron chi connectivity index (χ1n) is 6.55. The fraction of sp³-hybridized carbons (Fsp3) is 0.133. The first-order valence-corrected chi connectivity index (χ1v) is 6.55. The van der Waals surface area contributed by atoms with Gasteiger partial charge in [-0.15, -0.1) is 24.8 Å². The molecule has 1 aliphatic rings. The van der Waals surface area contributed by atoms with Gasteiger partial charge in [-0.05, 0) is 18.2 Å². The summed E-state index contributed by atoms with van der Waals surface area (Å²) in [5, 5.41) is 3.06. The summed E-state index contributed by atoms with van der Waals surface area (Å²) in [6.45, 7) is 0.914. The minimum absolute atomic E-state index is 0. The number of carbonyl (C=O) groups is 2. The molecule has 8 heteroatoms. The number of benzene rings is 1. The van der Waals surface area contributed by atoms with Gasteiger partial charge in [-0.1, -0.05) is 0 Å². The number of ketones is 2. The number of pyridine rings is 1. The molecule has 0 fully saturated rings. The summed E-state index contributed by atoms with van der Waals surface area (Å²) in [6.07, 6.45) is 2.90. The highest BCUT2D eigenvalue weighted by Gasteiger charge is 2.33. The van der Waals surface area contributed by atoms with Crippen molar-refractivity contribution >= 4 is 47.8 Å². The number of hydrogen-bond donors (Lipinski definition) is 3. The van der Waals surface area contributed by atoms with Crippen molar-refractivity contribution in [2.75, 3.05) is 24.1 Å². The third-order valence-electron chi connectivity index (χ3n) is 3.46. The average molecular weight is 355 g/mol. The highest BCUT2D eigenvalue weighted by molar-refractivity contribution is 6.31. The molecule has 1 heterocycles. The van der Waals surface area contributed by atoms with Gasteiger partial charge in [0.15, 0.2) is 11.6 Å². The summed E-state index contributed by atoms with van der Waals surface area (Å²) < 4.78 is 0. The molecular weight excluding hydrogens is 339 g/mol. The Kier molecular flexibility index (Phi) is 6.09. The Hall–Kier alpha value is -2.15. The molecule has 1 aromatic carbocycles. The van der Waals surface area contributed by atoms with Crippen LogP contribution in [0.2, 0.25) is 0 Å². The molecule has 0 saturated heterocycles. The van der Waals surface area contributed by atoms with Gasteiger partial charge in [0.05, 0.1) is 16.7 Å². The highest BCUT2D eigenvalue weighted by atomic mass is 35.5. The molecule has 1 aromatic heterocycles. The maximum Gasteiger partial charge on any atom is 0.198 e. The van der Waals surface area contributed by atoms with E-state index in [0.717, 1.165) is 0 Å². The number of fused-ring (bicyclic) bond motifs is 2. The second kappa shape index (κ2) is 7.41. The number of nitrogens with two attached hydrogens (primary N) is 2. The van der Waals surface area contributed by atoms with Crippen LogP contribution in [0.25, 0.3) is 0 Å². The van der Waals surface area contributed by atoms with Gasteiger partial charge in [0.25, 0.3) is 0 Å². The summed E-state index contributed by atoms with van der Waals surface area (Å²) in [5.74, 6) is -0.504. The van der Waals surface area contributed by atoms with E-state index in [1.807, 2.05) is 0 Å². The van der Waals surface area contributed by atoms with Crippen LogP contribution in [-0.4, -0.2) is 29.6 Å². The Morgan fingerprint density at radius 2 is 1.70 bits per heavy atom. The van der Waals surface area contributed by atoms with Crippen LogP contribution in [0.15, 0.2) is 30.6 Å². The molecule has 6 nitrogen and oxygen atoms in total. The number of anilines is 2. The molecule has 3 rings (SSSR count). The van der Waals surface area contributed by atoms with Gasteiger partial charge in [-0.3, -0.25) is 14.6 Å². The molecule has 0 aliphatic heterocycles. The van der Waals surface area contributed by atoms with E-state index in [0.29, 0.717) is 41.2 Å². The Bertz CT molecular complexity index is 765. The van der Waals surface area contributed by atoms with Crippen molar-refractivity contribution in [3.8, 4) is 0 Å². The first-order chi connectivity index (χ1) is 10.1. The van der Waals surface area contributed by atoms with Gasteiger partial charge in [0.2, 0.25) is 0 Å².